The Bertz CT molecular complexity index is 1130. The summed E-state index contributed by atoms with van der Waals surface area (Å²) in [7, 11) is 0. The molecule has 0 fully saturated rings. The summed E-state index contributed by atoms with van der Waals surface area (Å²) in [6.45, 7) is 3.58. The molecule has 1 heterocycles. The van der Waals surface area contributed by atoms with E-state index in [-0.39, 0.29) is 24.1 Å². The van der Waals surface area contributed by atoms with E-state index < -0.39 is 5.69 Å². The zero-order chi connectivity index (χ0) is 20.3. The van der Waals surface area contributed by atoms with E-state index in [0.717, 1.165) is 4.90 Å². The average Bonchev–Trinajstić information content (AvgIpc) is 2.71. The Hall–Kier alpha value is -2.80. The summed E-state index contributed by atoms with van der Waals surface area (Å²) in [5, 5.41) is 3.27. The molecule has 0 saturated heterocycles. The Morgan fingerprint density at radius 3 is 2.61 bits per heavy atom. The first-order chi connectivity index (χ1) is 13.5. The predicted molar refractivity (Wildman–Crippen MR) is 114 cm³/mol. The summed E-state index contributed by atoms with van der Waals surface area (Å²) < 4.78 is 2.61. The van der Waals surface area contributed by atoms with Gasteiger partial charge in [-0.2, -0.15) is 0 Å². The van der Waals surface area contributed by atoms with Crippen molar-refractivity contribution in [1.82, 2.24) is 9.13 Å². The number of thioether (sulfide) groups is 1. The molecular weight excluding hydrogens is 374 g/mol. The van der Waals surface area contributed by atoms with Gasteiger partial charge in [0.1, 0.15) is 6.54 Å². The molecule has 1 aromatic heterocycles. The van der Waals surface area contributed by atoms with Crippen molar-refractivity contribution >= 4 is 34.3 Å². The second-order valence-electron chi connectivity index (χ2n) is 6.60. The first-order valence-corrected chi connectivity index (χ1v) is 10.4. The molecule has 2 aromatic carbocycles. The van der Waals surface area contributed by atoms with Crippen LogP contribution in [0.3, 0.4) is 0 Å². The summed E-state index contributed by atoms with van der Waals surface area (Å²) in [6.07, 6.45) is 2.60. The fourth-order valence-electron chi connectivity index (χ4n) is 3.11. The third-order valence-electron chi connectivity index (χ3n) is 4.77. The fourth-order valence-corrected chi connectivity index (χ4v) is 3.57. The molecule has 1 N–H and O–H groups in total. The van der Waals surface area contributed by atoms with E-state index in [4.69, 9.17) is 0 Å². The maximum absolute atomic E-state index is 13.0. The van der Waals surface area contributed by atoms with E-state index in [9.17, 15) is 14.4 Å². The van der Waals surface area contributed by atoms with Crippen molar-refractivity contribution < 1.29 is 4.79 Å². The second kappa shape index (κ2) is 8.48. The van der Waals surface area contributed by atoms with Crippen LogP contribution in [0.25, 0.3) is 10.9 Å². The molecule has 146 valence electrons. The van der Waals surface area contributed by atoms with Crippen molar-refractivity contribution in [1.29, 1.82) is 0 Å². The normalized spacial score (nSPS) is 12.1. The van der Waals surface area contributed by atoms with Gasteiger partial charge in [-0.1, -0.05) is 25.1 Å². The third kappa shape index (κ3) is 3.89. The number of fused-ring (bicyclic) bond motifs is 1. The van der Waals surface area contributed by atoms with Crippen LogP contribution in [0.5, 0.6) is 0 Å². The van der Waals surface area contributed by atoms with Crippen LogP contribution >= 0.6 is 11.8 Å². The Kier molecular flexibility index (Phi) is 6.04. The van der Waals surface area contributed by atoms with Crippen molar-refractivity contribution in [2.75, 3.05) is 11.6 Å². The standard InChI is InChI=1S/C21H23N3O3S/c1-4-14(2)24-20(26)17-10-5-6-11-18(17)23(21(24)27)13-19(25)22-15-8-7-9-16(12-15)28-3/h5-12,14H,4,13H2,1-3H3,(H,22,25)/t14-/m1/s1. The molecular formula is C21H23N3O3S. The number of anilines is 1. The summed E-state index contributed by atoms with van der Waals surface area (Å²) in [6, 6.07) is 14.2. The zero-order valence-electron chi connectivity index (χ0n) is 16.1. The first-order valence-electron chi connectivity index (χ1n) is 9.14. The summed E-state index contributed by atoms with van der Waals surface area (Å²) >= 11 is 1.58. The number of aromatic nitrogens is 2. The summed E-state index contributed by atoms with van der Waals surface area (Å²) in [5.41, 5.74) is 0.347. The molecule has 0 bridgehead atoms. The fraction of sp³-hybridized carbons (Fsp3) is 0.286. The Labute approximate surface area is 167 Å². The SMILES string of the molecule is CC[C@@H](C)n1c(=O)c2ccccc2n(CC(=O)Nc2cccc(SC)c2)c1=O. The van der Waals surface area contributed by atoms with Crippen molar-refractivity contribution in [2.24, 2.45) is 0 Å². The quantitative estimate of drug-likeness (QED) is 0.646. The van der Waals surface area contributed by atoms with Gasteiger partial charge in [-0.3, -0.25) is 18.7 Å². The van der Waals surface area contributed by atoms with E-state index >= 15 is 0 Å². The number of hydrogen-bond donors (Lipinski definition) is 1. The smallest absolute Gasteiger partial charge is 0.324 e. The van der Waals surface area contributed by atoms with Crippen molar-refractivity contribution in [3.8, 4) is 0 Å². The number of nitrogens with zero attached hydrogens (tertiary/aromatic N) is 2. The third-order valence-corrected chi connectivity index (χ3v) is 5.49. The van der Waals surface area contributed by atoms with E-state index in [1.54, 1.807) is 42.1 Å². The molecule has 28 heavy (non-hydrogen) atoms. The molecule has 0 aliphatic heterocycles. The van der Waals surface area contributed by atoms with Gasteiger partial charge in [-0.25, -0.2) is 4.79 Å². The topological polar surface area (TPSA) is 73.1 Å². The van der Waals surface area contributed by atoms with E-state index in [1.807, 2.05) is 38.3 Å². The molecule has 1 amide bonds. The molecule has 0 aliphatic carbocycles. The van der Waals surface area contributed by atoms with Gasteiger partial charge in [0.15, 0.2) is 0 Å². The van der Waals surface area contributed by atoms with Gasteiger partial charge in [-0.15, -0.1) is 11.8 Å². The molecule has 7 heteroatoms. The minimum atomic E-state index is -0.467. The monoisotopic (exact) mass is 397 g/mol. The summed E-state index contributed by atoms with van der Waals surface area (Å²) in [5.74, 6) is -0.320. The second-order valence-corrected chi connectivity index (χ2v) is 7.48. The molecule has 0 radical (unpaired) electrons. The number of para-hydroxylation sites is 1. The number of rotatable bonds is 6. The lowest BCUT2D eigenvalue weighted by Crippen LogP contribution is -2.43. The van der Waals surface area contributed by atoms with Crippen molar-refractivity contribution in [3.63, 3.8) is 0 Å². The highest BCUT2D eigenvalue weighted by molar-refractivity contribution is 7.98. The van der Waals surface area contributed by atoms with E-state index in [0.29, 0.717) is 23.0 Å². The molecule has 0 spiro atoms. The number of hydrogen-bond acceptors (Lipinski definition) is 4. The number of nitrogens with one attached hydrogen (secondary N) is 1. The number of carbonyl (C=O) groups is 1. The van der Waals surface area contributed by atoms with Gasteiger partial charge in [0.2, 0.25) is 5.91 Å². The van der Waals surface area contributed by atoms with Gasteiger partial charge in [0, 0.05) is 16.6 Å². The largest absolute Gasteiger partial charge is 0.332 e. The lowest BCUT2D eigenvalue weighted by atomic mass is 10.2. The molecule has 0 aliphatic rings. The molecule has 1 atom stereocenters. The van der Waals surface area contributed by atoms with Crippen LogP contribution in [0.4, 0.5) is 5.69 Å². The molecule has 0 unspecified atom stereocenters. The van der Waals surface area contributed by atoms with Crippen LogP contribution in [0.1, 0.15) is 26.3 Å². The highest BCUT2D eigenvalue weighted by atomic mass is 32.2. The maximum Gasteiger partial charge on any atom is 0.332 e. The molecule has 3 rings (SSSR count). The minimum absolute atomic E-state index is 0.167. The molecule has 0 saturated carbocycles. The minimum Gasteiger partial charge on any atom is -0.324 e. The van der Waals surface area contributed by atoms with Crippen LogP contribution in [-0.4, -0.2) is 21.3 Å². The maximum atomic E-state index is 13.0. The molecule has 3 aromatic rings. The number of amides is 1. The zero-order valence-corrected chi connectivity index (χ0v) is 17.0. The first kappa shape index (κ1) is 19.9. The van der Waals surface area contributed by atoms with Crippen molar-refractivity contribution in [2.45, 2.75) is 37.8 Å². The van der Waals surface area contributed by atoms with Gasteiger partial charge in [-0.05, 0) is 49.9 Å². The van der Waals surface area contributed by atoms with Gasteiger partial charge >= 0.3 is 5.69 Å². The van der Waals surface area contributed by atoms with Crippen LogP contribution in [0.2, 0.25) is 0 Å². The predicted octanol–water partition coefficient (Wildman–Crippen LogP) is 3.49. The van der Waals surface area contributed by atoms with Crippen LogP contribution in [0, 0.1) is 0 Å². The van der Waals surface area contributed by atoms with Crippen LogP contribution in [0.15, 0.2) is 63.0 Å². The van der Waals surface area contributed by atoms with E-state index in [2.05, 4.69) is 5.32 Å². The Morgan fingerprint density at radius 2 is 1.89 bits per heavy atom. The molecule has 6 nitrogen and oxygen atoms in total. The van der Waals surface area contributed by atoms with Gasteiger partial charge < -0.3 is 5.32 Å². The number of benzene rings is 2. The van der Waals surface area contributed by atoms with E-state index in [1.165, 1.54) is 9.13 Å². The number of carbonyl (C=O) groups excluding carboxylic acids is 1. The Balaban J connectivity index is 2.03. The lowest BCUT2D eigenvalue weighted by molar-refractivity contribution is -0.116. The van der Waals surface area contributed by atoms with Crippen LogP contribution in [-0.2, 0) is 11.3 Å². The van der Waals surface area contributed by atoms with Gasteiger partial charge in [0.25, 0.3) is 5.56 Å². The highest BCUT2D eigenvalue weighted by Crippen LogP contribution is 2.19. The lowest BCUT2D eigenvalue weighted by Gasteiger charge is -2.17. The van der Waals surface area contributed by atoms with Crippen molar-refractivity contribution in [3.05, 3.63) is 69.4 Å². The van der Waals surface area contributed by atoms with Crippen LogP contribution < -0.4 is 16.6 Å². The van der Waals surface area contributed by atoms with Gasteiger partial charge in [0.05, 0.1) is 10.9 Å². The summed E-state index contributed by atoms with van der Waals surface area (Å²) in [4.78, 5) is 39.5. The Morgan fingerprint density at radius 1 is 1.14 bits per heavy atom. The average molecular weight is 398 g/mol. The highest BCUT2D eigenvalue weighted by Gasteiger charge is 2.18.